The third kappa shape index (κ3) is 4.88. The van der Waals surface area contributed by atoms with E-state index in [4.69, 9.17) is 0 Å². The van der Waals surface area contributed by atoms with Crippen LogP contribution in [0.4, 0.5) is 17.1 Å². The second-order valence-electron chi connectivity index (χ2n) is 16.9. The zero-order chi connectivity index (χ0) is 38.5. The Bertz CT molecular complexity index is 2920. The highest BCUT2D eigenvalue weighted by Crippen LogP contribution is 2.66. The van der Waals surface area contributed by atoms with Crippen molar-refractivity contribution in [1.29, 1.82) is 0 Å². The van der Waals surface area contributed by atoms with Crippen LogP contribution >= 0.6 is 0 Å². The number of fused-ring (bicyclic) bond motifs is 9. The Morgan fingerprint density at radius 3 is 1.40 bits per heavy atom. The van der Waals surface area contributed by atoms with Gasteiger partial charge in [-0.05, 0) is 119 Å². The topological polar surface area (TPSA) is 3.24 Å². The average molecular weight is 730 g/mol. The highest BCUT2D eigenvalue weighted by molar-refractivity contribution is 6.11. The fourth-order valence-corrected chi connectivity index (χ4v) is 10.3. The minimum Gasteiger partial charge on any atom is -0.310 e. The lowest BCUT2D eigenvalue weighted by Gasteiger charge is -2.38. The van der Waals surface area contributed by atoms with Crippen LogP contribution in [0.3, 0.4) is 0 Å². The van der Waals surface area contributed by atoms with Crippen molar-refractivity contribution in [2.24, 2.45) is 0 Å². The number of anilines is 3. The highest BCUT2D eigenvalue weighted by atomic mass is 15.2. The van der Waals surface area contributed by atoms with Gasteiger partial charge in [-0.1, -0.05) is 185 Å². The first-order valence-electron chi connectivity index (χ1n) is 20.2. The summed E-state index contributed by atoms with van der Waals surface area (Å²) < 4.78 is 0. The van der Waals surface area contributed by atoms with Crippen molar-refractivity contribution in [3.63, 3.8) is 0 Å². The molecule has 2 aliphatic rings. The van der Waals surface area contributed by atoms with Gasteiger partial charge in [0.05, 0.1) is 5.69 Å². The molecule has 0 saturated carbocycles. The molecule has 0 amide bonds. The number of nitrogens with zero attached hydrogens (tertiary/aromatic N) is 1. The molecule has 1 nitrogen and oxygen atoms in total. The first-order valence-corrected chi connectivity index (χ1v) is 20.2. The second-order valence-corrected chi connectivity index (χ2v) is 16.9. The van der Waals surface area contributed by atoms with E-state index in [1.807, 2.05) is 0 Å². The van der Waals surface area contributed by atoms with Crippen LogP contribution < -0.4 is 4.90 Å². The molecule has 9 aromatic carbocycles. The molecule has 0 spiro atoms. The van der Waals surface area contributed by atoms with E-state index in [9.17, 15) is 0 Å². The Hall–Kier alpha value is -6.70. The lowest BCUT2D eigenvalue weighted by molar-refractivity contribution is 0.640. The first kappa shape index (κ1) is 33.6. The summed E-state index contributed by atoms with van der Waals surface area (Å²) in [5.41, 5.74) is 19.0. The zero-order valence-electron chi connectivity index (χ0n) is 32.8. The van der Waals surface area contributed by atoms with Gasteiger partial charge in [0.25, 0.3) is 0 Å². The van der Waals surface area contributed by atoms with Crippen LogP contribution in [0.5, 0.6) is 0 Å². The van der Waals surface area contributed by atoms with Crippen molar-refractivity contribution < 1.29 is 0 Å². The molecule has 57 heavy (non-hydrogen) atoms. The van der Waals surface area contributed by atoms with Gasteiger partial charge < -0.3 is 4.90 Å². The van der Waals surface area contributed by atoms with Crippen LogP contribution in [-0.2, 0) is 10.8 Å². The molecule has 0 unspecified atom stereocenters. The maximum atomic E-state index is 2.55. The molecule has 0 heterocycles. The number of para-hydroxylation sites is 2. The fourth-order valence-electron chi connectivity index (χ4n) is 10.3. The summed E-state index contributed by atoms with van der Waals surface area (Å²) in [5, 5.41) is 5.13. The molecule has 11 rings (SSSR count). The van der Waals surface area contributed by atoms with Gasteiger partial charge in [-0.15, -0.1) is 0 Å². The molecule has 0 aliphatic heterocycles. The van der Waals surface area contributed by atoms with Crippen molar-refractivity contribution in [1.82, 2.24) is 0 Å². The van der Waals surface area contributed by atoms with Crippen LogP contribution in [0.15, 0.2) is 188 Å². The number of hydrogen-bond donors (Lipinski definition) is 0. The maximum Gasteiger partial charge on any atom is 0.0556 e. The summed E-state index contributed by atoms with van der Waals surface area (Å²) >= 11 is 0. The summed E-state index contributed by atoms with van der Waals surface area (Å²) in [5.74, 6) is 0. The standard InChI is InChI=1S/C56H43N/c1-55(2)47-25-15-13-23-45(47)50-49(38-30-27-36(28-31-38)39-33-34-44-40(35-39)32-29-37-17-11-12-22-43(37)44)51-46-24-14-16-26-48(46)56(3,4)53(51)54(52(50)55)57(41-18-7-5-8-19-41)42-20-9-6-10-21-42/h5-35H,1-4H3. The van der Waals surface area contributed by atoms with Crippen LogP contribution in [0, 0.1) is 0 Å². The fraction of sp³-hybridized carbons (Fsp3) is 0.107. The monoisotopic (exact) mass is 729 g/mol. The molecule has 9 aromatic rings. The molecule has 0 aromatic heterocycles. The Balaban J connectivity index is 1.21. The van der Waals surface area contributed by atoms with E-state index in [2.05, 4.69) is 221 Å². The van der Waals surface area contributed by atoms with E-state index in [1.54, 1.807) is 0 Å². The van der Waals surface area contributed by atoms with Crippen LogP contribution in [-0.4, -0.2) is 0 Å². The predicted octanol–water partition coefficient (Wildman–Crippen LogP) is 15.4. The van der Waals surface area contributed by atoms with Crippen molar-refractivity contribution in [3.8, 4) is 44.5 Å². The molecule has 1 heteroatoms. The van der Waals surface area contributed by atoms with E-state index in [0.717, 1.165) is 11.4 Å². The number of benzene rings is 9. The third-order valence-electron chi connectivity index (χ3n) is 13.0. The number of hydrogen-bond acceptors (Lipinski definition) is 1. The van der Waals surface area contributed by atoms with Gasteiger partial charge >= 0.3 is 0 Å². The van der Waals surface area contributed by atoms with Crippen LogP contribution in [0.25, 0.3) is 66.1 Å². The minimum absolute atomic E-state index is 0.271. The van der Waals surface area contributed by atoms with Gasteiger partial charge in [-0.3, -0.25) is 0 Å². The molecule has 0 fully saturated rings. The average Bonchev–Trinajstić information content (AvgIpc) is 3.64. The molecular formula is C56H43N. The van der Waals surface area contributed by atoms with Gasteiger partial charge in [0, 0.05) is 22.2 Å². The van der Waals surface area contributed by atoms with Crippen LogP contribution in [0.2, 0.25) is 0 Å². The Morgan fingerprint density at radius 1 is 0.351 bits per heavy atom. The normalized spacial score (nSPS) is 14.2. The van der Waals surface area contributed by atoms with Gasteiger partial charge in [-0.2, -0.15) is 0 Å². The summed E-state index contributed by atoms with van der Waals surface area (Å²) in [6.45, 7) is 9.75. The smallest absolute Gasteiger partial charge is 0.0556 e. The van der Waals surface area contributed by atoms with E-state index < -0.39 is 0 Å². The molecule has 0 saturated heterocycles. The lowest BCUT2D eigenvalue weighted by atomic mass is 9.73. The van der Waals surface area contributed by atoms with Crippen LogP contribution in [0.1, 0.15) is 49.9 Å². The van der Waals surface area contributed by atoms with E-state index >= 15 is 0 Å². The molecule has 0 bridgehead atoms. The summed E-state index contributed by atoms with van der Waals surface area (Å²) in [6.07, 6.45) is 0. The molecule has 0 radical (unpaired) electrons. The van der Waals surface area contributed by atoms with E-state index in [-0.39, 0.29) is 10.8 Å². The Kier molecular flexibility index (Phi) is 7.32. The van der Waals surface area contributed by atoms with Crippen molar-refractivity contribution in [3.05, 3.63) is 210 Å². The molecular weight excluding hydrogens is 687 g/mol. The number of rotatable bonds is 5. The summed E-state index contributed by atoms with van der Waals surface area (Å²) in [4.78, 5) is 2.55. The minimum atomic E-state index is -0.271. The van der Waals surface area contributed by atoms with E-state index in [1.165, 1.54) is 94.0 Å². The van der Waals surface area contributed by atoms with Gasteiger partial charge in [-0.25, -0.2) is 0 Å². The van der Waals surface area contributed by atoms with Gasteiger partial charge in [0.2, 0.25) is 0 Å². The first-order chi connectivity index (χ1) is 27.8. The van der Waals surface area contributed by atoms with Gasteiger partial charge in [0.1, 0.15) is 0 Å². The Morgan fingerprint density at radius 2 is 0.807 bits per heavy atom. The van der Waals surface area contributed by atoms with Gasteiger partial charge in [0.15, 0.2) is 0 Å². The second kappa shape index (κ2) is 12.4. The molecule has 0 N–H and O–H groups in total. The lowest BCUT2D eigenvalue weighted by Crippen LogP contribution is -2.26. The third-order valence-corrected chi connectivity index (χ3v) is 13.0. The molecule has 0 atom stereocenters. The predicted molar refractivity (Wildman–Crippen MR) is 242 cm³/mol. The summed E-state index contributed by atoms with van der Waals surface area (Å²) in [6, 6.07) is 69.8. The molecule has 2 aliphatic carbocycles. The van der Waals surface area contributed by atoms with Crippen molar-refractivity contribution >= 4 is 38.6 Å². The quantitative estimate of drug-likeness (QED) is 0.159. The zero-order valence-corrected chi connectivity index (χ0v) is 32.8. The summed E-state index contributed by atoms with van der Waals surface area (Å²) in [7, 11) is 0. The highest BCUT2D eigenvalue weighted by Gasteiger charge is 2.48. The Labute approximate surface area is 335 Å². The SMILES string of the molecule is CC1(C)c2ccccc2-c2c(-c3ccc(-c4ccc5c(ccc6ccccc65)c4)cc3)c3c(c(N(c4ccccc4)c4ccccc4)c21)C(C)(C)c1ccccc1-3. The van der Waals surface area contributed by atoms with Crippen molar-refractivity contribution in [2.45, 2.75) is 38.5 Å². The largest absolute Gasteiger partial charge is 0.310 e. The maximum absolute atomic E-state index is 2.55. The molecule has 272 valence electrons. The van der Waals surface area contributed by atoms with E-state index in [0.29, 0.717) is 0 Å². The van der Waals surface area contributed by atoms with Crippen molar-refractivity contribution in [2.75, 3.05) is 4.90 Å².